The van der Waals surface area contributed by atoms with Crippen LogP contribution >= 0.6 is 0 Å². The van der Waals surface area contributed by atoms with Gasteiger partial charge in [0, 0.05) is 0 Å². The minimum atomic E-state index is 0.892. The zero-order valence-corrected chi connectivity index (χ0v) is 11.5. The van der Waals surface area contributed by atoms with Crippen molar-refractivity contribution in [3.05, 3.63) is 23.2 Å². The summed E-state index contributed by atoms with van der Waals surface area (Å²) < 4.78 is 0. The van der Waals surface area contributed by atoms with Crippen molar-refractivity contribution < 1.29 is 0 Å². The van der Waals surface area contributed by atoms with Crippen molar-refractivity contribution in [1.82, 2.24) is 0 Å². The molecule has 1 heterocycles. The first-order valence-corrected chi connectivity index (χ1v) is 17.6. The number of hydrogen-bond donors (Lipinski definition) is 0. The second-order valence-corrected chi connectivity index (χ2v) is 27.1. The molecule has 0 aliphatic carbocycles. The van der Waals surface area contributed by atoms with Gasteiger partial charge in [-0.05, 0) is 0 Å². The van der Waals surface area contributed by atoms with Gasteiger partial charge in [-0.2, -0.15) is 0 Å². The monoisotopic (exact) mass is 386 g/mol. The van der Waals surface area contributed by atoms with Crippen molar-refractivity contribution in [3.8, 4) is 0 Å². The standard InChI is InChI=1S/C5H6Se4/c1-2-4-6-8-9-7-5-3-1/h1-4H,5H2/b3-1+,4-2-. The van der Waals surface area contributed by atoms with Gasteiger partial charge < -0.3 is 0 Å². The van der Waals surface area contributed by atoms with Gasteiger partial charge in [0.25, 0.3) is 0 Å². The van der Waals surface area contributed by atoms with Gasteiger partial charge in [0.15, 0.2) is 0 Å². The molecule has 0 aromatic carbocycles. The Morgan fingerprint density at radius 3 is 3.11 bits per heavy atom. The summed E-state index contributed by atoms with van der Waals surface area (Å²) in [6.45, 7) is 0. The van der Waals surface area contributed by atoms with Crippen LogP contribution in [0.15, 0.2) is 23.2 Å². The Balaban J connectivity index is 2.28. The number of allylic oxidation sites excluding steroid dienone is 3. The summed E-state index contributed by atoms with van der Waals surface area (Å²) >= 11 is 4.00. The van der Waals surface area contributed by atoms with Gasteiger partial charge in [-0.3, -0.25) is 0 Å². The molecule has 0 atom stereocenters. The van der Waals surface area contributed by atoms with Crippen molar-refractivity contribution in [3.63, 3.8) is 0 Å². The SMILES string of the molecule is C1=C\[Se][Se][Se][Se]C/C=C/1. The van der Waals surface area contributed by atoms with Crippen molar-refractivity contribution in [1.29, 1.82) is 0 Å². The normalized spacial score (nSPS) is 27.6. The van der Waals surface area contributed by atoms with Gasteiger partial charge in [-0.25, -0.2) is 0 Å². The van der Waals surface area contributed by atoms with Crippen LogP contribution in [0, 0.1) is 0 Å². The first-order valence-electron chi connectivity index (χ1n) is 2.43. The average molecular weight is 382 g/mol. The van der Waals surface area contributed by atoms with Crippen molar-refractivity contribution in [2.75, 3.05) is 0 Å². The molecule has 0 amide bonds. The molecule has 0 radical (unpaired) electrons. The summed E-state index contributed by atoms with van der Waals surface area (Å²) in [5.41, 5.74) is 0. The summed E-state index contributed by atoms with van der Waals surface area (Å²) in [5, 5.41) is 1.38. The maximum atomic E-state index is 2.37. The summed E-state index contributed by atoms with van der Waals surface area (Å²) in [6.07, 6.45) is 6.75. The third-order valence-electron chi connectivity index (χ3n) is 0.661. The molecular weight excluding hydrogens is 376 g/mol. The Hall–Kier alpha value is 1.56. The van der Waals surface area contributed by atoms with Crippen molar-refractivity contribution >= 4 is 48.9 Å². The zero-order valence-electron chi connectivity index (χ0n) is 4.65. The molecule has 1 aliphatic heterocycles. The van der Waals surface area contributed by atoms with Crippen LogP contribution in [-0.4, -0.2) is 48.9 Å². The average Bonchev–Trinajstić information content (AvgIpc) is 2.00. The van der Waals surface area contributed by atoms with E-state index in [0.717, 1.165) is 48.9 Å². The van der Waals surface area contributed by atoms with Gasteiger partial charge >= 0.3 is 77.4 Å². The molecule has 0 fully saturated rings. The van der Waals surface area contributed by atoms with Crippen molar-refractivity contribution in [2.45, 2.75) is 5.32 Å². The maximum absolute atomic E-state index is 2.37. The van der Waals surface area contributed by atoms with E-state index < -0.39 is 0 Å². The first-order chi connectivity index (χ1) is 4.50. The Morgan fingerprint density at radius 1 is 1.11 bits per heavy atom. The number of rotatable bonds is 0. The van der Waals surface area contributed by atoms with E-state index in [1.54, 1.807) is 0 Å². The quantitative estimate of drug-likeness (QED) is 0.520. The minimum absolute atomic E-state index is 0.892. The van der Waals surface area contributed by atoms with Gasteiger partial charge in [0.05, 0.1) is 0 Å². The van der Waals surface area contributed by atoms with Crippen LogP contribution in [0.3, 0.4) is 0 Å². The van der Waals surface area contributed by atoms with Gasteiger partial charge in [-0.15, -0.1) is 0 Å². The van der Waals surface area contributed by atoms with E-state index in [2.05, 4.69) is 23.2 Å². The Labute approximate surface area is 76.6 Å². The van der Waals surface area contributed by atoms with E-state index in [1.807, 2.05) is 0 Å². The second-order valence-electron chi connectivity index (χ2n) is 1.27. The van der Waals surface area contributed by atoms with E-state index >= 15 is 0 Å². The molecule has 0 saturated heterocycles. The molecule has 4 heteroatoms. The van der Waals surface area contributed by atoms with E-state index in [-0.39, 0.29) is 0 Å². The van der Waals surface area contributed by atoms with Crippen LogP contribution in [0.2, 0.25) is 5.32 Å². The third-order valence-corrected chi connectivity index (χ3v) is 37.0. The van der Waals surface area contributed by atoms with Crippen LogP contribution in [0.4, 0.5) is 0 Å². The molecule has 0 bridgehead atoms. The summed E-state index contributed by atoms with van der Waals surface area (Å²) in [7, 11) is 0. The predicted molar refractivity (Wildman–Crippen MR) is 46.1 cm³/mol. The summed E-state index contributed by atoms with van der Waals surface area (Å²) in [5.74, 6) is 0. The van der Waals surface area contributed by atoms with Gasteiger partial charge in [-0.1, -0.05) is 0 Å². The Kier molecular flexibility index (Phi) is 6.04. The third kappa shape index (κ3) is 4.90. The van der Waals surface area contributed by atoms with E-state index in [4.69, 9.17) is 0 Å². The van der Waals surface area contributed by atoms with Crippen molar-refractivity contribution in [2.24, 2.45) is 0 Å². The molecule has 0 N–H and O–H groups in total. The topological polar surface area (TPSA) is 0 Å². The first kappa shape index (κ1) is 8.65. The van der Waals surface area contributed by atoms with Gasteiger partial charge in [0.2, 0.25) is 0 Å². The Morgan fingerprint density at radius 2 is 2.11 bits per heavy atom. The second kappa shape index (κ2) is 6.28. The molecule has 1 aliphatic rings. The predicted octanol–water partition coefficient (Wildman–Crippen LogP) is 0.0500. The van der Waals surface area contributed by atoms with E-state index in [0.29, 0.717) is 0 Å². The van der Waals surface area contributed by atoms with Crippen LogP contribution in [0.5, 0.6) is 0 Å². The molecular formula is C5H6Se4. The van der Waals surface area contributed by atoms with Crippen LogP contribution in [0.1, 0.15) is 0 Å². The summed E-state index contributed by atoms with van der Waals surface area (Å²) in [4.78, 5) is 2.37. The summed E-state index contributed by atoms with van der Waals surface area (Å²) in [6, 6.07) is 0. The fourth-order valence-corrected chi connectivity index (χ4v) is 35.6. The molecule has 0 spiro atoms. The molecule has 0 aromatic rings. The van der Waals surface area contributed by atoms with E-state index in [1.165, 1.54) is 5.32 Å². The van der Waals surface area contributed by atoms with E-state index in [9.17, 15) is 0 Å². The van der Waals surface area contributed by atoms with Gasteiger partial charge in [0.1, 0.15) is 0 Å². The molecule has 0 aromatic heterocycles. The van der Waals surface area contributed by atoms with Crippen LogP contribution in [-0.2, 0) is 0 Å². The van der Waals surface area contributed by atoms with Crippen LogP contribution < -0.4 is 0 Å². The Bertz CT molecular complexity index is 104. The molecule has 1 rings (SSSR count). The molecule has 0 saturated carbocycles. The fraction of sp³-hybridized carbons (Fsp3) is 0.200. The molecule has 0 unspecified atom stereocenters. The van der Waals surface area contributed by atoms with Crippen LogP contribution in [0.25, 0.3) is 0 Å². The molecule has 0 nitrogen and oxygen atoms in total. The molecule has 9 heavy (non-hydrogen) atoms. The fourth-order valence-electron chi connectivity index (χ4n) is 0.337. The zero-order chi connectivity index (χ0) is 6.36. The molecule has 50 valence electrons. The number of hydrogen-bond acceptors (Lipinski definition) is 0.